The Kier molecular flexibility index (Phi) is 6.06. The van der Waals surface area contributed by atoms with Gasteiger partial charge in [-0.1, -0.05) is 43.1 Å². The highest BCUT2D eigenvalue weighted by molar-refractivity contribution is 9.10. The molecule has 0 aliphatic carbocycles. The van der Waals surface area contributed by atoms with Gasteiger partial charge in [-0.25, -0.2) is 0 Å². The summed E-state index contributed by atoms with van der Waals surface area (Å²) >= 11 is 3.37. The van der Waals surface area contributed by atoms with Gasteiger partial charge in [-0.3, -0.25) is 24.6 Å². The fourth-order valence-corrected chi connectivity index (χ4v) is 5.14. The first-order valence-corrected chi connectivity index (χ1v) is 10.8. The number of hydrogen-bond donors (Lipinski definition) is 3. The highest BCUT2D eigenvalue weighted by Gasteiger charge is 2.68. The van der Waals surface area contributed by atoms with Gasteiger partial charge in [-0.15, -0.1) is 0 Å². The van der Waals surface area contributed by atoms with Crippen molar-refractivity contribution < 1.29 is 24.6 Å². The van der Waals surface area contributed by atoms with Crippen LogP contribution in [-0.4, -0.2) is 45.0 Å². The molecule has 3 rings (SSSR count). The van der Waals surface area contributed by atoms with Crippen LogP contribution in [0.3, 0.4) is 0 Å². The molecule has 0 spiro atoms. The Bertz CT molecular complexity index is 842. The third kappa shape index (κ3) is 3.57. The first-order chi connectivity index (χ1) is 13.6. The number of imide groups is 1. The van der Waals surface area contributed by atoms with Crippen molar-refractivity contribution in [2.75, 3.05) is 6.54 Å². The Morgan fingerprint density at radius 1 is 1.31 bits per heavy atom. The van der Waals surface area contributed by atoms with Crippen molar-refractivity contribution in [1.29, 1.82) is 0 Å². The molecule has 0 radical (unpaired) electrons. The zero-order chi connectivity index (χ0) is 21.5. The number of carbonyl (C=O) groups is 3. The van der Waals surface area contributed by atoms with Crippen molar-refractivity contribution in [2.45, 2.75) is 51.6 Å². The van der Waals surface area contributed by atoms with Crippen molar-refractivity contribution in [3.63, 3.8) is 0 Å². The zero-order valence-corrected chi connectivity index (χ0v) is 18.4. The topological polar surface area (TPSA) is 107 Å². The number of unbranched alkanes of at least 4 members (excludes halogenated alkanes) is 1. The maximum atomic E-state index is 13.3. The number of fused-ring (bicyclic) bond motifs is 1. The highest BCUT2D eigenvalue weighted by Crippen LogP contribution is 2.52. The average Bonchev–Trinajstić information content (AvgIpc) is 3.10. The molecule has 7 nitrogen and oxygen atoms in total. The van der Waals surface area contributed by atoms with Gasteiger partial charge in [0.1, 0.15) is 11.3 Å². The summed E-state index contributed by atoms with van der Waals surface area (Å²) in [5, 5.41) is 23.8. The van der Waals surface area contributed by atoms with Crippen molar-refractivity contribution in [3.05, 3.63) is 28.2 Å². The summed E-state index contributed by atoms with van der Waals surface area (Å²) in [6, 6.07) is 4.06. The lowest BCUT2D eigenvalue weighted by Gasteiger charge is -2.32. The van der Waals surface area contributed by atoms with E-state index in [1.807, 2.05) is 20.8 Å². The summed E-state index contributed by atoms with van der Waals surface area (Å²) in [6.45, 7) is 6.04. The molecule has 2 heterocycles. The molecule has 4 atom stereocenters. The van der Waals surface area contributed by atoms with Crippen LogP contribution in [0, 0.1) is 17.8 Å². The molecule has 2 saturated heterocycles. The van der Waals surface area contributed by atoms with Crippen LogP contribution < -0.4 is 5.32 Å². The fourth-order valence-electron chi connectivity index (χ4n) is 4.76. The average molecular weight is 467 g/mol. The lowest BCUT2D eigenvalue weighted by atomic mass is 9.75. The van der Waals surface area contributed by atoms with Crippen molar-refractivity contribution in [2.24, 2.45) is 17.8 Å². The molecule has 158 valence electrons. The summed E-state index contributed by atoms with van der Waals surface area (Å²) in [4.78, 5) is 40.2. The number of carboxylic acids is 1. The normalized spacial score (nSPS) is 29.0. The molecule has 3 N–H and O–H groups in total. The predicted octanol–water partition coefficient (Wildman–Crippen LogP) is 3.07. The first kappa shape index (κ1) is 21.8. The Balaban J connectivity index is 2.15. The Morgan fingerprint density at radius 3 is 2.59 bits per heavy atom. The number of rotatable bonds is 7. The molecule has 8 heteroatoms. The number of aromatic hydroxyl groups is 1. The van der Waals surface area contributed by atoms with Gasteiger partial charge in [0.15, 0.2) is 0 Å². The number of carbonyl (C=O) groups excluding carboxylic acids is 2. The number of phenolic OH excluding ortho intramolecular Hbond substituents is 1. The second-order valence-electron chi connectivity index (χ2n) is 8.38. The molecule has 0 aromatic heterocycles. The molecule has 0 unspecified atom stereocenters. The van der Waals surface area contributed by atoms with Crippen molar-refractivity contribution in [3.8, 4) is 5.75 Å². The molecule has 0 saturated carbocycles. The van der Waals surface area contributed by atoms with Crippen LogP contribution >= 0.6 is 15.9 Å². The molecular formula is C21H27BrN2O5. The molecule has 2 fully saturated rings. The van der Waals surface area contributed by atoms with Crippen molar-refractivity contribution in [1.82, 2.24) is 10.2 Å². The van der Waals surface area contributed by atoms with E-state index in [4.69, 9.17) is 0 Å². The summed E-state index contributed by atoms with van der Waals surface area (Å²) in [5.41, 5.74) is -1.15. The molecule has 2 amide bonds. The van der Waals surface area contributed by atoms with Gasteiger partial charge in [-0.2, -0.15) is 0 Å². The van der Waals surface area contributed by atoms with E-state index in [2.05, 4.69) is 21.2 Å². The van der Waals surface area contributed by atoms with Crippen LogP contribution in [0.25, 0.3) is 0 Å². The molecule has 1 aromatic carbocycles. The second kappa shape index (κ2) is 8.07. The van der Waals surface area contributed by atoms with Gasteiger partial charge in [0.05, 0.1) is 11.8 Å². The smallest absolute Gasteiger partial charge is 0.324 e. The molecular weight excluding hydrogens is 440 g/mol. The maximum Gasteiger partial charge on any atom is 0.324 e. The number of aliphatic carboxylic acids is 1. The van der Waals surface area contributed by atoms with Crippen LogP contribution in [0.1, 0.15) is 51.6 Å². The molecule has 1 aromatic rings. The Labute approximate surface area is 178 Å². The van der Waals surface area contributed by atoms with Crippen LogP contribution in [0.15, 0.2) is 22.7 Å². The van der Waals surface area contributed by atoms with Gasteiger partial charge in [0, 0.05) is 22.6 Å². The van der Waals surface area contributed by atoms with Gasteiger partial charge < -0.3 is 10.2 Å². The Morgan fingerprint density at radius 2 is 2.00 bits per heavy atom. The van der Waals surface area contributed by atoms with Crippen LogP contribution in [0.2, 0.25) is 0 Å². The van der Waals surface area contributed by atoms with Gasteiger partial charge in [0.25, 0.3) is 0 Å². The van der Waals surface area contributed by atoms with Crippen LogP contribution in [0.4, 0.5) is 0 Å². The largest absolute Gasteiger partial charge is 0.508 e. The minimum absolute atomic E-state index is 0.0123. The number of benzene rings is 1. The van der Waals surface area contributed by atoms with Gasteiger partial charge >= 0.3 is 5.97 Å². The predicted molar refractivity (Wildman–Crippen MR) is 110 cm³/mol. The quantitative estimate of drug-likeness (QED) is 0.533. The number of amides is 2. The van der Waals surface area contributed by atoms with E-state index in [1.165, 1.54) is 11.0 Å². The molecule has 0 bridgehead atoms. The minimum atomic E-state index is -1.56. The summed E-state index contributed by atoms with van der Waals surface area (Å²) in [5.74, 6) is -3.86. The third-order valence-electron chi connectivity index (χ3n) is 5.92. The SMILES string of the molecule is CCCCN1C(=O)[C@@H]2[C@@H](C1=O)[C@](CC(C)C)(C(=O)O)N[C@H]2c1cc(Br)ccc1O. The number of carboxylic acid groups (broad SMARTS) is 1. The number of halogens is 1. The Hall–Kier alpha value is -1.93. The molecule has 29 heavy (non-hydrogen) atoms. The van der Waals surface area contributed by atoms with E-state index in [-0.39, 0.29) is 30.5 Å². The molecule has 2 aliphatic rings. The summed E-state index contributed by atoms with van der Waals surface area (Å²) in [7, 11) is 0. The van der Waals surface area contributed by atoms with E-state index in [0.29, 0.717) is 16.5 Å². The van der Waals surface area contributed by atoms with Gasteiger partial charge in [0.2, 0.25) is 11.8 Å². The van der Waals surface area contributed by atoms with E-state index in [9.17, 15) is 24.6 Å². The minimum Gasteiger partial charge on any atom is -0.508 e. The van der Waals surface area contributed by atoms with E-state index in [1.54, 1.807) is 12.1 Å². The number of nitrogens with one attached hydrogen (secondary N) is 1. The standard InChI is InChI=1S/C21H27BrN2O5/c1-4-5-8-24-18(26)15-16(19(24)27)21(20(28)29,10-11(2)3)23-17(15)13-9-12(22)6-7-14(13)25/h6-7,9,11,15-17,23,25H,4-5,8,10H2,1-3H3,(H,28,29)/t15-,16+,17+,21-/m1/s1. The number of likely N-dealkylation sites (tertiary alicyclic amines) is 1. The fraction of sp³-hybridized carbons (Fsp3) is 0.571. The summed E-state index contributed by atoms with van der Waals surface area (Å²) in [6.07, 6.45) is 1.69. The van der Waals surface area contributed by atoms with E-state index in [0.717, 1.165) is 6.42 Å². The number of phenols is 1. The number of nitrogens with zero attached hydrogens (tertiary/aromatic N) is 1. The monoisotopic (exact) mass is 466 g/mol. The van der Waals surface area contributed by atoms with E-state index >= 15 is 0 Å². The number of hydrogen-bond acceptors (Lipinski definition) is 5. The molecule has 2 aliphatic heterocycles. The van der Waals surface area contributed by atoms with E-state index < -0.39 is 35.3 Å². The third-order valence-corrected chi connectivity index (χ3v) is 6.41. The zero-order valence-electron chi connectivity index (χ0n) is 16.8. The van der Waals surface area contributed by atoms with Gasteiger partial charge in [-0.05, 0) is 37.0 Å². The summed E-state index contributed by atoms with van der Waals surface area (Å²) < 4.78 is 0.694. The second-order valence-corrected chi connectivity index (χ2v) is 9.30. The lowest BCUT2D eigenvalue weighted by molar-refractivity contribution is -0.152. The lowest BCUT2D eigenvalue weighted by Crippen LogP contribution is -2.56. The maximum absolute atomic E-state index is 13.3. The van der Waals surface area contributed by atoms with Crippen LogP contribution in [-0.2, 0) is 14.4 Å². The highest BCUT2D eigenvalue weighted by atomic mass is 79.9. The van der Waals surface area contributed by atoms with Crippen LogP contribution in [0.5, 0.6) is 5.75 Å². The van der Waals surface area contributed by atoms with Crippen molar-refractivity contribution >= 4 is 33.7 Å². The first-order valence-electron chi connectivity index (χ1n) is 9.98.